The molecule has 0 fully saturated rings. The monoisotopic (exact) mass is 382 g/mol. The Morgan fingerprint density at radius 1 is 1.19 bits per heavy atom. The second-order valence-corrected chi connectivity index (χ2v) is 7.34. The van der Waals surface area contributed by atoms with Crippen LogP contribution in [0.25, 0.3) is 0 Å². The minimum Gasteiger partial charge on any atom is -0.457 e. The van der Waals surface area contributed by atoms with E-state index in [2.05, 4.69) is 15.5 Å². The molecule has 0 aliphatic heterocycles. The molecule has 1 aromatic heterocycles. The van der Waals surface area contributed by atoms with Crippen LogP contribution in [0, 0.1) is 6.92 Å². The molecule has 0 saturated heterocycles. The van der Waals surface area contributed by atoms with E-state index in [1.807, 2.05) is 73.9 Å². The third kappa shape index (κ3) is 5.34. The quantitative estimate of drug-likeness (QED) is 0.600. The van der Waals surface area contributed by atoms with Crippen LogP contribution in [0.1, 0.15) is 25.5 Å². The van der Waals surface area contributed by atoms with Gasteiger partial charge in [-0.3, -0.25) is 4.79 Å². The Morgan fingerprint density at radius 2 is 1.96 bits per heavy atom. The Labute approximate surface area is 163 Å². The first-order valence-electron chi connectivity index (χ1n) is 8.68. The van der Waals surface area contributed by atoms with E-state index < -0.39 is 0 Å². The van der Waals surface area contributed by atoms with E-state index in [4.69, 9.17) is 4.74 Å². The number of amides is 1. The molecule has 0 spiro atoms. The number of anilines is 1. The lowest BCUT2D eigenvalue weighted by molar-refractivity contribution is -0.113. The number of hydrogen-bond acceptors (Lipinski definition) is 5. The number of rotatable bonds is 7. The van der Waals surface area contributed by atoms with Gasteiger partial charge in [-0.15, -0.1) is 10.2 Å². The molecule has 27 heavy (non-hydrogen) atoms. The van der Waals surface area contributed by atoms with Gasteiger partial charge < -0.3 is 14.6 Å². The molecule has 0 bridgehead atoms. The maximum absolute atomic E-state index is 12.2. The van der Waals surface area contributed by atoms with Crippen LogP contribution in [0.15, 0.2) is 60.0 Å². The summed E-state index contributed by atoms with van der Waals surface area (Å²) in [5.74, 6) is 1.69. The second kappa shape index (κ2) is 8.73. The zero-order valence-corrected chi connectivity index (χ0v) is 16.4. The first-order chi connectivity index (χ1) is 13.0. The molecular formula is C20H22N4O2S. The van der Waals surface area contributed by atoms with Crippen molar-refractivity contribution in [1.82, 2.24) is 14.8 Å². The predicted molar refractivity (Wildman–Crippen MR) is 107 cm³/mol. The lowest BCUT2D eigenvalue weighted by Gasteiger charge is -2.10. The highest BCUT2D eigenvalue weighted by atomic mass is 32.2. The summed E-state index contributed by atoms with van der Waals surface area (Å²) >= 11 is 1.37. The Morgan fingerprint density at radius 3 is 2.67 bits per heavy atom. The molecule has 140 valence electrons. The number of benzene rings is 2. The normalized spacial score (nSPS) is 10.8. The van der Waals surface area contributed by atoms with Crippen LogP contribution in [-0.4, -0.2) is 26.4 Å². The smallest absolute Gasteiger partial charge is 0.234 e. The second-order valence-electron chi connectivity index (χ2n) is 6.39. The summed E-state index contributed by atoms with van der Waals surface area (Å²) in [6.45, 7) is 6.12. The maximum Gasteiger partial charge on any atom is 0.234 e. The molecule has 0 radical (unpaired) electrons. The van der Waals surface area contributed by atoms with Crippen molar-refractivity contribution in [3.63, 3.8) is 0 Å². The van der Waals surface area contributed by atoms with Crippen molar-refractivity contribution in [2.45, 2.75) is 32.0 Å². The highest BCUT2D eigenvalue weighted by molar-refractivity contribution is 7.99. The summed E-state index contributed by atoms with van der Waals surface area (Å²) in [5, 5.41) is 11.6. The fourth-order valence-electron chi connectivity index (χ4n) is 2.44. The van der Waals surface area contributed by atoms with Gasteiger partial charge in [0.05, 0.1) is 5.75 Å². The lowest BCUT2D eigenvalue weighted by Crippen LogP contribution is -2.14. The number of aromatic nitrogens is 3. The van der Waals surface area contributed by atoms with E-state index in [-0.39, 0.29) is 17.7 Å². The molecule has 2 aromatic carbocycles. The summed E-state index contributed by atoms with van der Waals surface area (Å²) in [6.07, 6.45) is 1.68. The molecule has 1 heterocycles. The summed E-state index contributed by atoms with van der Waals surface area (Å²) in [6, 6.07) is 15.4. The van der Waals surface area contributed by atoms with Gasteiger partial charge in [-0.1, -0.05) is 23.9 Å². The zero-order valence-electron chi connectivity index (χ0n) is 15.5. The molecule has 0 aliphatic rings. The summed E-state index contributed by atoms with van der Waals surface area (Å²) in [7, 11) is 0. The van der Waals surface area contributed by atoms with Crippen LogP contribution in [0.4, 0.5) is 5.69 Å². The largest absolute Gasteiger partial charge is 0.457 e. The van der Waals surface area contributed by atoms with Crippen molar-refractivity contribution in [3.05, 3.63) is 60.4 Å². The molecule has 1 N–H and O–H groups in total. The topological polar surface area (TPSA) is 69.0 Å². The van der Waals surface area contributed by atoms with Gasteiger partial charge in [0.25, 0.3) is 0 Å². The number of ether oxygens (including phenoxy) is 1. The third-order valence-corrected chi connectivity index (χ3v) is 4.75. The third-order valence-electron chi connectivity index (χ3n) is 3.79. The fourth-order valence-corrected chi connectivity index (χ4v) is 3.28. The summed E-state index contributed by atoms with van der Waals surface area (Å²) < 4.78 is 7.76. The molecule has 0 saturated carbocycles. The van der Waals surface area contributed by atoms with Crippen molar-refractivity contribution < 1.29 is 9.53 Å². The van der Waals surface area contributed by atoms with Gasteiger partial charge in [0.2, 0.25) is 5.91 Å². The van der Waals surface area contributed by atoms with Crippen molar-refractivity contribution in [1.29, 1.82) is 0 Å². The predicted octanol–water partition coefficient (Wildman–Crippen LogP) is 4.69. The minimum atomic E-state index is -0.0920. The molecule has 6 nitrogen and oxygen atoms in total. The Bertz CT molecular complexity index is 906. The first-order valence-corrected chi connectivity index (χ1v) is 9.66. The van der Waals surface area contributed by atoms with Crippen molar-refractivity contribution in [2.75, 3.05) is 11.1 Å². The van der Waals surface area contributed by atoms with Crippen LogP contribution < -0.4 is 10.1 Å². The van der Waals surface area contributed by atoms with E-state index >= 15 is 0 Å². The lowest BCUT2D eigenvalue weighted by atomic mass is 10.2. The average molecular weight is 382 g/mol. The molecule has 3 aromatic rings. The first kappa shape index (κ1) is 19.0. The van der Waals surface area contributed by atoms with E-state index in [1.54, 1.807) is 6.33 Å². The molecule has 0 atom stereocenters. The Hall–Kier alpha value is -2.80. The number of thioether (sulfide) groups is 1. The Balaban J connectivity index is 1.53. The van der Waals surface area contributed by atoms with Gasteiger partial charge >= 0.3 is 0 Å². The van der Waals surface area contributed by atoms with Gasteiger partial charge in [0.1, 0.15) is 17.8 Å². The number of hydrogen-bond donors (Lipinski definition) is 1. The summed E-state index contributed by atoms with van der Waals surface area (Å²) in [5.41, 5.74) is 1.87. The SMILES string of the molecule is Cc1cccc(Oc2ccc(NC(=O)CSc3nncn3C(C)C)cc2)c1. The maximum atomic E-state index is 12.2. The molecule has 3 rings (SSSR count). The van der Waals surface area contributed by atoms with Crippen LogP contribution in [0.2, 0.25) is 0 Å². The van der Waals surface area contributed by atoms with Crippen LogP contribution in [0.3, 0.4) is 0 Å². The van der Waals surface area contributed by atoms with Crippen LogP contribution in [-0.2, 0) is 4.79 Å². The summed E-state index contributed by atoms with van der Waals surface area (Å²) in [4.78, 5) is 12.2. The molecule has 1 amide bonds. The van der Waals surface area contributed by atoms with Crippen molar-refractivity contribution >= 4 is 23.4 Å². The van der Waals surface area contributed by atoms with Gasteiger partial charge in [0, 0.05) is 11.7 Å². The van der Waals surface area contributed by atoms with E-state index in [0.717, 1.165) is 27.9 Å². The van der Waals surface area contributed by atoms with Gasteiger partial charge in [-0.25, -0.2) is 0 Å². The average Bonchev–Trinajstić information content (AvgIpc) is 3.11. The number of carbonyl (C=O) groups excluding carboxylic acids is 1. The fraction of sp³-hybridized carbons (Fsp3) is 0.250. The number of nitrogens with one attached hydrogen (secondary N) is 1. The van der Waals surface area contributed by atoms with E-state index in [1.165, 1.54) is 11.8 Å². The van der Waals surface area contributed by atoms with E-state index in [0.29, 0.717) is 0 Å². The molecule has 7 heteroatoms. The highest BCUT2D eigenvalue weighted by Gasteiger charge is 2.11. The van der Waals surface area contributed by atoms with Crippen molar-refractivity contribution in [3.8, 4) is 11.5 Å². The van der Waals surface area contributed by atoms with Crippen LogP contribution >= 0.6 is 11.8 Å². The number of carbonyl (C=O) groups is 1. The van der Waals surface area contributed by atoms with Gasteiger partial charge in [0.15, 0.2) is 5.16 Å². The van der Waals surface area contributed by atoms with Crippen molar-refractivity contribution in [2.24, 2.45) is 0 Å². The Kier molecular flexibility index (Phi) is 6.13. The highest BCUT2D eigenvalue weighted by Crippen LogP contribution is 2.24. The van der Waals surface area contributed by atoms with Crippen LogP contribution in [0.5, 0.6) is 11.5 Å². The molecule has 0 aliphatic carbocycles. The molecular weight excluding hydrogens is 360 g/mol. The van der Waals surface area contributed by atoms with Gasteiger partial charge in [-0.05, 0) is 62.7 Å². The minimum absolute atomic E-state index is 0.0920. The number of nitrogens with zero attached hydrogens (tertiary/aromatic N) is 3. The molecule has 0 unspecified atom stereocenters. The van der Waals surface area contributed by atoms with E-state index in [9.17, 15) is 4.79 Å². The zero-order chi connectivity index (χ0) is 19.2. The van der Waals surface area contributed by atoms with Gasteiger partial charge in [-0.2, -0.15) is 0 Å². The number of aryl methyl sites for hydroxylation is 1. The standard InChI is InChI=1S/C20H22N4O2S/c1-14(2)24-13-21-23-20(24)27-12-19(25)22-16-7-9-17(10-8-16)26-18-6-4-5-15(3)11-18/h4-11,13-14H,12H2,1-3H3,(H,22,25).